The molecule has 0 amide bonds. The molecule has 4 nitrogen and oxygen atoms in total. The molecule has 0 unspecified atom stereocenters. The molecule has 0 heterocycles. The molecule has 2 aliphatic rings. The number of para-hydroxylation sites is 1. The molecular formula is C24H31NO3Rh. The molecular weight excluding hydrogens is 453 g/mol. The Labute approximate surface area is 187 Å². The number of benzene rings is 2. The largest absolute Gasteiger partial charge is 2.00 e. The molecule has 0 fully saturated rings. The first-order chi connectivity index (χ1) is 13.7. The molecule has 0 saturated carbocycles. The van der Waals surface area contributed by atoms with Crippen LogP contribution in [0.5, 0.6) is 5.75 Å². The fourth-order valence-electron chi connectivity index (χ4n) is 3.03. The van der Waals surface area contributed by atoms with Gasteiger partial charge in [-0.15, -0.1) is 18.3 Å². The van der Waals surface area contributed by atoms with E-state index in [0.717, 1.165) is 31.6 Å². The Hall–Kier alpha value is -1.78. The quantitative estimate of drug-likeness (QED) is 0.500. The van der Waals surface area contributed by atoms with Crippen LogP contribution in [0.3, 0.4) is 0 Å². The van der Waals surface area contributed by atoms with Gasteiger partial charge in [0.1, 0.15) is 0 Å². The van der Waals surface area contributed by atoms with Crippen molar-refractivity contribution in [2.45, 2.75) is 25.9 Å². The summed E-state index contributed by atoms with van der Waals surface area (Å²) in [6, 6.07) is 17.3. The number of nitrogens with zero attached hydrogens (tertiary/aromatic N) is 1. The number of aliphatic hydroxyl groups is 2. The van der Waals surface area contributed by atoms with Gasteiger partial charge in [0, 0.05) is 14.2 Å². The van der Waals surface area contributed by atoms with Crippen molar-refractivity contribution in [3.05, 3.63) is 95.3 Å². The number of fused-ring (bicyclic) bond motifs is 2. The first-order valence-electron chi connectivity index (χ1n) is 9.45. The fourth-order valence-corrected chi connectivity index (χ4v) is 3.03. The molecule has 1 radical (unpaired) electrons. The minimum absolute atomic E-state index is 0. The zero-order chi connectivity index (χ0) is 20.8. The number of hydrogen-bond acceptors (Lipinski definition) is 3. The van der Waals surface area contributed by atoms with Crippen LogP contribution in [0.2, 0.25) is 0 Å². The molecule has 159 valence electrons. The zero-order valence-corrected chi connectivity index (χ0v) is 18.9. The molecule has 2 aromatic rings. The average Bonchev–Trinajstić information content (AvgIpc) is 3.43. The Bertz CT molecular complexity index is 691. The van der Waals surface area contributed by atoms with Gasteiger partial charge in [-0.2, -0.15) is 0 Å². The molecule has 0 spiro atoms. The molecule has 29 heavy (non-hydrogen) atoms. The number of rotatable bonds is 4. The molecule has 2 aromatic carbocycles. The number of aliphatic hydroxyl groups excluding tert-OH is 2. The van der Waals surface area contributed by atoms with E-state index in [2.05, 4.69) is 41.8 Å². The number of allylic oxidation sites excluding steroid dienone is 4. The molecule has 2 bridgehead atoms. The van der Waals surface area contributed by atoms with E-state index in [9.17, 15) is 5.11 Å². The molecule has 4 rings (SSSR count). The van der Waals surface area contributed by atoms with E-state index in [1.54, 1.807) is 12.1 Å². The predicted octanol–water partition coefficient (Wildman–Crippen LogP) is 4.36. The van der Waals surface area contributed by atoms with E-state index in [-0.39, 0.29) is 31.3 Å². The van der Waals surface area contributed by atoms with Gasteiger partial charge in [0.05, 0.1) is 0 Å². The van der Waals surface area contributed by atoms with Crippen LogP contribution >= 0.6 is 0 Å². The standard InChI is InChI=1S/C15H16NO.C7H8.2CH4O.Rh/c1-12(13-7-3-2-4-8-13)16-11-14-9-5-6-10-15(14)17;1-2-7-4-3-6(1)5-7;2*1-2;/h2-10,12,17H,11H2,1H3;1-4,6-7H,5H2;2*2H,1H3;/q-1;;;;+2/p-1/t12-;;;;/m1..../s1. The Morgan fingerprint density at radius 3 is 1.79 bits per heavy atom. The van der Waals surface area contributed by atoms with E-state index in [0.29, 0.717) is 6.54 Å². The maximum Gasteiger partial charge on any atom is 2.00 e. The Balaban J connectivity index is 0.000000543. The van der Waals surface area contributed by atoms with E-state index >= 15 is 0 Å². The van der Waals surface area contributed by atoms with Gasteiger partial charge in [0.15, 0.2) is 0 Å². The van der Waals surface area contributed by atoms with Crippen LogP contribution in [0.4, 0.5) is 0 Å². The van der Waals surface area contributed by atoms with E-state index in [1.165, 1.54) is 12.0 Å². The van der Waals surface area contributed by atoms with Gasteiger partial charge in [-0.25, -0.2) is 0 Å². The summed E-state index contributed by atoms with van der Waals surface area (Å²) in [5, 5.41) is 30.0. The van der Waals surface area contributed by atoms with Crippen LogP contribution in [0.15, 0.2) is 78.9 Å². The first-order valence-corrected chi connectivity index (χ1v) is 9.45. The topological polar surface area (TPSA) is 77.6 Å². The van der Waals surface area contributed by atoms with Crippen LogP contribution in [0.25, 0.3) is 5.32 Å². The third-order valence-corrected chi connectivity index (χ3v) is 4.55. The summed E-state index contributed by atoms with van der Waals surface area (Å²) in [6.45, 7) is 2.53. The van der Waals surface area contributed by atoms with Crippen LogP contribution < -0.4 is 5.11 Å². The predicted molar refractivity (Wildman–Crippen MR) is 114 cm³/mol. The average molecular weight is 484 g/mol. The van der Waals surface area contributed by atoms with Crippen LogP contribution in [-0.4, -0.2) is 24.4 Å². The minimum Gasteiger partial charge on any atom is -0.872 e. The fraction of sp³-hybridized carbons (Fsp3) is 0.333. The molecule has 0 aliphatic heterocycles. The first kappa shape index (κ1) is 27.2. The maximum atomic E-state index is 11.5. The van der Waals surface area contributed by atoms with Crippen molar-refractivity contribution in [3.63, 3.8) is 0 Å². The van der Waals surface area contributed by atoms with Crippen molar-refractivity contribution in [2.75, 3.05) is 14.2 Å². The van der Waals surface area contributed by atoms with Gasteiger partial charge < -0.3 is 20.6 Å². The van der Waals surface area contributed by atoms with Crippen molar-refractivity contribution in [1.29, 1.82) is 0 Å². The second kappa shape index (κ2) is 16.1. The monoisotopic (exact) mass is 484 g/mol. The molecule has 2 N–H and O–H groups in total. The molecule has 0 saturated heterocycles. The molecule has 0 aromatic heterocycles. The molecule has 2 aliphatic carbocycles. The third-order valence-electron chi connectivity index (χ3n) is 4.55. The summed E-state index contributed by atoms with van der Waals surface area (Å²) in [6.07, 6.45) is 10.5. The molecule has 5 heteroatoms. The van der Waals surface area contributed by atoms with Crippen molar-refractivity contribution in [2.24, 2.45) is 11.8 Å². The Morgan fingerprint density at radius 2 is 1.34 bits per heavy atom. The van der Waals surface area contributed by atoms with Gasteiger partial charge >= 0.3 is 19.5 Å². The minimum atomic E-state index is 0. The second-order valence-electron chi connectivity index (χ2n) is 6.37. The number of hydrogen-bond donors (Lipinski definition) is 2. The van der Waals surface area contributed by atoms with Gasteiger partial charge in [0.25, 0.3) is 0 Å². The summed E-state index contributed by atoms with van der Waals surface area (Å²) < 4.78 is 0. The zero-order valence-electron chi connectivity index (χ0n) is 17.2. The van der Waals surface area contributed by atoms with Crippen LogP contribution in [0, 0.1) is 11.8 Å². The van der Waals surface area contributed by atoms with Crippen molar-refractivity contribution < 1.29 is 34.8 Å². The van der Waals surface area contributed by atoms with E-state index < -0.39 is 0 Å². The molecule has 1 atom stereocenters. The third kappa shape index (κ3) is 9.51. The van der Waals surface area contributed by atoms with Gasteiger partial charge in [-0.05, 0) is 18.3 Å². The smallest absolute Gasteiger partial charge is 0.872 e. The maximum absolute atomic E-state index is 11.5. The normalized spacial score (nSPS) is 18.1. The summed E-state index contributed by atoms with van der Waals surface area (Å²) in [5.74, 6) is 1.69. The SMILES string of the molecule is C1=CC2C=CC1C2.CO.CO.C[C@@H]([N-]Cc1ccccc1[O-])c1ccccc1.[Rh+2]. The van der Waals surface area contributed by atoms with Crippen molar-refractivity contribution in [1.82, 2.24) is 0 Å². The summed E-state index contributed by atoms with van der Waals surface area (Å²) >= 11 is 0. The second-order valence-corrected chi connectivity index (χ2v) is 6.37. The van der Waals surface area contributed by atoms with Gasteiger partial charge in [0.2, 0.25) is 0 Å². The van der Waals surface area contributed by atoms with Gasteiger partial charge in [-0.3, -0.25) is 0 Å². The van der Waals surface area contributed by atoms with Crippen LogP contribution in [-0.2, 0) is 26.0 Å². The van der Waals surface area contributed by atoms with E-state index in [4.69, 9.17) is 10.2 Å². The summed E-state index contributed by atoms with van der Waals surface area (Å²) in [7, 11) is 2.00. The van der Waals surface area contributed by atoms with Gasteiger partial charge in [-0.1, -0.05) is 97.0 Å². The van der Waals surface area contributed by atoms with Crippen molar-refractivity contribution >= 4 is 0 Å². The summed E-state index contributed by atoms with van der Waals surface area (Å²) in [4.78, 5) is 0. The van der Waals surface area contributed by atoms with E-state index in [1.807, 2.05) is 37.3 Å². The van der Waals surface area contributed by atoms with Crippen molar-refractivity contribution in [3.8, 4) is 5.75 Å². The summed E-state index contributed by atoms with van der Waals surface area (Å²) in [5.41, 5.74) is 1.94. The van der Waals surface area contributed by atoms with Crippen LogP contribution in [0.1, 0.15) is 30.5 Å². The Morgan fingerprint density at radius 1 is 0.862 bits per heavy atom. The Kier molecular flexibility index (Phi) is 15.1.